The van der Waals surface area contributed by atoms with E-state index in [1.807, 2.05) is 53.9 Å². The van der Waals surface area contributed by atoms with Crippen molar-refractivity contribution in [1.82, 2.24) is 4.98 Å². The molecule has 0 atom stereocenters. The Morgan fingerprint density at radius 1 is 1.07 bits per heavy atom. The van der Waals surface area contributed by atoms with Gasteiger partial charge in [-0.3, -0.25) is 4.79 Å². The van der Waals surface area contributed by atoms with Crippen molar-refractivity contribution in [3.8, 4) is 10.6 Å². The number of rotatable bonds is 6. The zero-order chi connectivity index (χ0) is 18.5. The van der Waals surface area contributed by atoms with Crippen molar-refractivity contribution in [3.05, 3.63) is 89.8 Å². The lowest BCUT2D eigenvalue weighted by molar-refractivity contribution is 0.0996. The van der Waals surface area contributed by atoms with Crippen molar-refractivity contribution in [2.24, 2.45) is 0 Å². The van der Waals surface area contributed by atoms with E-state index >= 15 is 0 Å². The molecule has 0 aliphatic heterocycles. The standard InChI is InChI=1S/C21H16N2O2S2/c24-20(23-17-8-6-15(7-9-17)21-22-11-13-26-21)19-16(10-12-25-19)14-27-18-4-2-1-3-5-18/h1-13H,14H2,(H,23,24). The maximum atomic E-state index is 12.6. The van der Waals surface area contributed by atoms with Gasteiger partial charge in [0.15, 0.2) is 5.76 Å². The number of nitrogens with one attached hydrogen (secondary N) is 1. The first-order chi connectivity index (χ1) is 13.3. The van der Waals surface area contributed by atoms with Crippen molar-refractivity contribution >= 4 is 34.7 Å². The van der Waals surface area contributed by atoms with Gasteiger partial charge in [-0.25, -0.2) is 4.98 Å². The lowest BCUT2D eigenvalue weighted by Crippen LogP contribution is -2.12. The van der Waals surface area contributed by atoms with Crippen molar-refractivity contribution in [2.75, 3.05) is 5.32 Å². The number of hydrogen-bond acceptors (Lipinski definition) is 5. The molecule has 0 unspecified atom stereocenters. The molecule has 0 saturated carbocycles. The summed E-state index contributed by atoms with van der Waals surface area (Å²) in [5.41, 5.74) is 2.63. The molecule has 2 heterocycles. The maximum Gasteiger partial charge on any atom is 0.291 e. The summed E-state index contributed by atoms with van der Waals surface area (Å²) in [6, 6.07) is 19.6. The van der Waals surface area contributed by atoms with Gasteiger partial charge in [0, 0.05) is 39.0 Å². The molecule has 0 radical (unpaired) electrons. The summed E-state index contributed by atoms with van der Waals surface area (Å²) in [7, 11) is 0. The second-order valence-corrected chi connectivity index (χ2v) is 7.69. The molecule has 0 aliphatic carbocycles. The SMILES string of the molecule is O=C(Nc1ccc(-c2nccs2)cc1)c1occc1CSc1ccccc1. The van der Waals surface area contributed by atoms with Crippen LogP contribution in [0, 0.1) is 0 Å². The van der Waals surface area contributed by atoms with E-state index in [4.69, 9.17) is 4.42 Å². The first-order valence-corrected chi connectivity index (χ1v) is 10.2. The first kappa shape index (κ1) is 17.6. The van der Waals surface area contributed by atoms with Crippen LogP contribution in [-0.2, 0) is 5.75 Å². The summed E-state index contributed by atoms with van der Waals surface area (Å²) in [6.45, 7) is 0. The molecule has 2 aromatic carbocycles. The molecule has 134 valence electrons. The zero-order valence-electron chi connectivity index (χ0n) is 14.3. The third kappa shape index (κ3) is 4.30. The Morgan fingerprint density at radius 2 is 1.89 bits per heavy atom. The normalized spacial score (nSPS) is 10.7. The third-order valence-corrected chi connectivity index (χ3v) is 5.80. The fourth-order valence-corrected chi connectivity index (χ4v) is 4.12. The van der Waals surface area contributed by atoms with Crippen molar-refractivity contribution in [2.45, 2.75) is 10.6 Å². The minimum Gasteiger partial charge on any atom is -0.459 e. The molecule has 0 spiro atoms. The highest BCUT2D eigenvalue weighted by Crippen LogP contribution is 2.26. The monoisotopic (exact) mass is 392 g/mol. The number of anilines is 1. The summed E-state index contributed by atoms with van der Waals surface area (Å²) in [5, 5.41) is 5.80. The highest BCUT2D eigenvalue weighted by Gasteiger charge is 2.16. The quantitative estimate of drug-likeness (QED) is 0.412. The molecule has 27 heavy (non-hydrogen) atoms. The third-order valence-electron chi connectivity index (χ3n) is 3.91. The largest absolute Gasteiger partial charge is 0.459 e. The summed E-state index contributed by atoms with van der Waals surface area (Å²) < 4.78 is 5.44. The molecule has 6 heteroatoms. The highest BCUT2D eigenvalue weighted by molar-refractivity contribution is 7.98. The van der Waals surface area contributed by atoms with Crippen LogP contribution in [0.15, 0.2) is 87.8 Å². The van der Waals surface area contributed by atoms with Gasteiger partial charge >= 0.3 is 0 Å². The fraction of sp³-hybridized carbons (Fsp3) is 0.0476. The molecular weight excluding hydrogens is 376 g/mol. The van der Waals surface area contributed by atoms with E-state index in [1.165, 1.54) is 0 Å². The average Bonchev–Trinajstić information content (AvgIpc) is 3.40. The van der Waals surface area contributed by atoms with Gasteiger partial charge in [0.05, 0.1) is 6.26 Å². The van der Waals surface area contributed by atoms with Crippen LogP contribution in [-0.4, -0.2) is 10.9 Å². The smallest absolute Gasteiger partial charge is 0.291 e. The van der Waals surface area contributed by atoms with Crippen LogP contribution < -0.4 is 5.32 Å². The van der Waals surface area contributed by atoms with Gasteiger partial charge < -0.3 is 9.73 Å². The second kappa shape index (κ2) is 8.24. The maximum absolute atomic E-state index is 12.6. The topological polar surface area (TPSA) is 55.1 Å². The number of carbonyl (C=O) groups is 1. The Balaban J connectivity index is 1.42. The lowest BCUT2D eigenvalue weighted by atomic mass is 10.2. The first-order valence-electron chi connectivity index (χ1n) is 8.35. The van der Waals surface area contributed by atoms with Crippen molar-refractivity contribution in [1.29, 1.82) is 0 Å². The number of amides is 1. The predicted molar refractivity (Wildman–Crippen MR) is 110 cm³/mol. The average molecular weight is 393 g/mol. The molecule has 4 nitrogen and oxygen atoms in total. The number of nitrogens with zero attached hydrogens (tertiary/aromatic N) is 1. The number of hydrogen-bond donors (Lipinski definition) is 1. The number of aromatic nitrogens is 1. The molecule has 4 rings (SSSR count). The molecular formula is C21H16N2O2S2. The van der Waals surface area contributed by atoms with Crippen LogP contribution in [0.3, 0.4) is 0 Å². The summed E-state index contributed by atoms with van der Waals surface area (Å²) in [6.07, 6.45) is 3.34. The van der Waals surface area contributed by atoms with Crippen LogP contribution in [0.25, 0.3) is 10.6 Å². The molecule has 0 saturated heterocycles. The van der Waals surface area contributed by atoms with Crippen LogP contribution in [0.2, 0.25) is 0 Å². The second-order valence-electron chi connectivity index (χ2n) is 5.75. The molecule has 0 aliphatic rings. The molecule has 1 amide bonds. The molecule has 2 aromatic heterocycles. The van der Waals surface area contributed by atoms with E-state index in [0.717, 1.165) is 26.7 Å². The van der Waals surface area contributed by atoms with Gasteiger partial charge in [0.1, 0.15) is 5.01 Å². The molecule has 4 aromatic rings. The van der Waals surface area contributed by atoms with Gasteiger partial charge in [0.25, 0.3) is 5.91 Å². The number of benzene rings is 2. The van der Waals surface area contributed by atoms with Gasteiger partial charge in [-0.05, 0) is 42.5 Å². The zero-order valence-corrected chi connectivity index (χ0v) is 15.9. The number of thiazole rings is 1. The summed E-state index contributed by atoms with van der Waals surface area (Å²) >= 11 is 3.25. The minimum absolute atomic E-state index is 0.245. The molecule has 1 N–H and O–H groups in total. The van der Waals surface area contributed by atoms with Gasteiger partial charge in [-0.15, -0.1) is 23.1 Å². The molecule has 0 bridgehead atoms. The van der Waals surface area contributed by atoms with Crippen molar-refractivity contribution in [3.63, 3.8) is 0 Å². The van der Waals surface area contributed by atoms with Crippen LogP contribution in [0.1, 0.15) is 16.1 Å². The number of carbonyl (C=O) groups excluding carboxylic acids is 1. The van der Waals surface area contributed by atoms with Crippen molar-refractivity contribution < 1.29 is 9.21 Å². The number of thioether (sulfide) groups is 1. The number of furan rings is 1. The van der Waals surface area contributed by atoms with E-state index in [1.54, 1.807) is 35.6 Å². The fourth-order valence-electron chi connectivity index (χ4n) is 2.58. The van der Waals surface area contributed by atoms with Gasteiger partial charge in [0.2, 0.25) is 0 Å². The summed E-state index contributed by atoms with van der Waals surface area (Å²) in [5.74, 6) is 0.778. The predicted octanol–water partition coefficient (Wildman–Crippen LogP) is 5.95. The highest BCUT2D eigenvalue weighted by atomic mass is 32.2. The van der Waals surface area contributed by atoms with E-state index in [0.29, 0.717) is 11.5 Å². The minimum atomic E-state index is -0.245. The Labute approximate surface area is 165 Å². The van der Waals surface area contributed by atoms with E-state index < -0.39 is 0 Å². The lowest BCUT2D eigenvalue weighted by Gasteiger charge is -2.06. The van der Waals surface area contributed by atoms with Crippen LogP contribution in [0.4, 0.5) is 5.69 Å². The van der Waals surface area contributed by atoms with Crippen LogP contribution in [0.5, 0.6) is 0 Å². The Kier molecular flexibility index (Phi) is 5.37. The van der Waals surface area contributed by atoms with Gasteiger partial charge in [-0.1, -0.05) is 18.2 Å². The Bertz CT molecular complexity index is 1010. The molecule has 0 fully saturated rings. The van der Waals surface area contributed by atoms with Gasteiger partial charge in [-0.2, -0.15) is 0 Å². The van der Waals surface area contributed by atoms with E-state index in [9.17, 15) is 4.79 Å². The Morgan fingerprint density at radius 3 is 2.63 bits per heavy atom. The summed E-state index contributed by atoms with van der Waals surface area (Å²) in [4.78, 5) is 18.0. The van der Waals surface area contributed by atoms with E-state index in [-0.39, 0.29) is 5.91 Å². The van der Waals surface area contributed by atoms with Crippen LogP contribution >= 0.6 is 23.1 Å². The van der Waals surface area contributed by atoms with E-state index in [2.05, 4.69) is 22.4 Å². The Hall–Kier alpha value is -2.83.